The van der Waals surface area contributed by atoms with E-state index < -0.39 is 33.7 Å². The number of ether oxygens (including phenoxy) is 1. The number of nitrogens with zero attached hydrogens (tertiary/aromatic N) is 1. The zero-order valence-electron chi connectivity index (χ0n) is 14.1. The lowest BCUT2D eigenvalue weighted by molar-refractivity contribution is -0.124. The van der Waals surface area contributed by atoms with Gasteiger partial charge in [0.1, 0.15) is 11.6 Å². The highest BCUT2D eigenvalue weighted by molar-refractivity contribution is 7.94. The van der Waals surface area contributed by atoms with Gasteiger partial charge in [0.25, 0.3) is 5.91 Å². The highest BCUT2D eigenvalue weighted by atomic mass is 32.2. The Morgan fingerprint density at radius 3 is 2.38 bits per heavy atom. The Bertz CT molecular complexity index is 910. The first-order valence-electron chi connectivity index (χ1n) is 8.07. The summed E-state index contributed by atoms with van der Waals surface area (Å²) >= 11 is 0. The van der Waals surface area contributed by atoms with Crippen LogP contribution in [-0.4, -0.2) is 32.2 Å². The van der Waals surface area contributed by atoms with Gasteiger partial charge in [-0.2, -0.15) is 0 Å². The second-order valence-corrected chi connectivity index (χ2v) is 7.91. The summed E-state index contributed by atoms with van der Waals surface area (Å²) in [6, 6.07) is 13.5. The Labute approximate surface area is 151 Å². The third-order valence-electron chi connectivity index (χ3n) is 3.99. The minimum absolute atomic E-state index is 0.214. The number of carbonyl (C=O) groups excluding carboxylic acids is 1. The molecule has 1 amide bonds. The molecule has 5 nitrogen and oxygen atoms in total. The lowest BCUT2D eigenvalue weighted by atomic mass is 10.2. The van der Waals surface area contributed by atoms with Crippen molar-refractivity contribution in [1.82, 2.24) is 0 Å². The van der Waals surface area contributed by atoms with Crippen molar-refractivity contribution in [2.75, 3.05) is 10.7 Å². The van der Waals surface area contributed by atoms with Crippen LogP contribution in [0.1, 0.15) is 6.92 Å². The van der Waals surface area contributed by atoms with Gasteiger partial charge >= 0.3 is 0 Å². The maximum atomic E-state index is 13.3. The van der Waals surface area contributed by atoms with Crippen molar-refractivity contribution in [1.29, 1.82) is 0 Å². The van der Waals surface area contributed by atoms with Gasteiger partial charge in [-0.05, 0) is 49.4 Å². The van der Waals surface area contributed by atoms with Crippen LogP contribution in [0.25, 0.3) is 0 Å². The molecule has 26 heavy (non-hydrogen) atoms. The fourth-order valence-electron chi connectivity index (χ4n) is 2.75. The molecule has 1 heterocycles. The molecule has 0 saturated carbocycles. The normalized spacial score (nSPS) is 19.1. The Morgan fingerprint density at radius 1 is 1.15 bits per heavy atom. The van der Waals surface area contributed by atoms with Gasteiger partial charge < -0.3 is 9.64 Å². The standard InChI is InChI=1S/C19H18FNO4S/c1-14(25-18-5-3-2-4-6-18)19(22)21(16-9-7-15(20)8-10-16)17-11-12-26(23,24)13-17/h2-12,14,17H,13H2,1H3/t14-,17-/m0/s1. The Kier molecular flexibility index (Phi) is 5.08. The summed E-state index contributed by atoms with van der Waals surface area (Å²) in [5.41, 5.74) is 0.409. The van der Waals surface area contributed by atoms with Crippen LogP contribution in [0.15, 0.2) is 66.1 Å². The lowest BCUT2D eigenvalue weighted by Crippen LogP contribution is -2.47. The number of carbonyl (C=O) groups is 1. The van der Waals surface area contributed by atoms with E-state index in [1.165, 1.54) is 35.2 Å². The van der Waals surface area contributed by atoms with Gasteiger partial charge in [-0.25, -0.2) is 12.8 Å². The molecule has 1 aliphatic rings. The first-order chi connectivity index (χ1) is 12.4. The predicted octanol–water partition coefficient (Wildman–Crippen LogP) is 2.94. The lowest BCUT2D eigenvalue weighted by Gasteiger charge is -2.30. The van der Waals surface area contributed by atoms with Crippen LogP contribution in [0.3, 0.4) is 0 Å². The van der Waals surface area contributed by atoms with Gasteiger partial charge in [-0.15, -0.1) is 0 Å². The monoisotopic (exact) mass is 375 g/mol. The third-order valence-corrected chi connectivity index (χ3v) is 5.37. The number of hydrogen-bond acceptors (Lipinski definition) is 4. The number of benzene rings is 2. The fourth-order valence-corrected chi connectivity index (χ4v) is 4.02. The molecule has 2 aromatic rings. The molecule has 0 aliphatic carbocycles. The maximum Gasteiger partial charge on any atom is 0.268 e. The average molecular weight is 375 g/mol. The van der Waals surface area contributed by atoms with E-state index in [0.717, 1.165) is 5.41 Å². The first kappa shape index (κ1) is 18.1. The molecule has 0 spiro atoms. The summed E-state index contributed by atoms with van der Waals surface area (Å²) in [7, 11) is -3.36. The Hall–Kier alpha value is -2.67. The van der Waals surface area contributed by atoms with Crippen molar-refractivity contribution >= 4 is 21.4 Å². The van der Waals surface area contributed by atoms with Gasteiger partial charge in [-0.3, -0.25) is 4.79 Å². The van der Waals surface area contributed by atoms with Gasteiger partial charge in [0, 0.05) is 11.1 Å². The van der Waals surface area contributed by atoms with Crippen LogP contribution in [0.4, 0.5) is 10.1 Å². The smallest absolute Gasteiger partial charge is 0.268 e. The van der Waals surface area contributed by atoms with Crippen molar-refractivity contribution in [2.45, 2.75) is 19.1 Å². The van der Waals surface area contributed by atoms with Gasteiger partial charge in [0.2, 0.25) is 0 Å². The van der Waals surface area contributed by atoms with Gasteiger partial charge in [0.05, 0.1) is 11.8 Å². The van der Waals surface area contributed by atoms with E-state index in [1.54, 1.807) is 31.2 Å². The molecule has 3 rings (SSSR count). The number of para-hydroxylation sites is 1. The molecule has 0 unspecified atom stereocenters. The molecule has 0 fully saturated rings. The molecular weight excluding hydrogens is 357 g/mol. The van der Waals surface area contributed by atoms with Crippen molar-refractivity contribution in [3.05, 3.63) is 71.9 Å². The highest BCUT2D eigenvalue weighted by Gasteiger charge is 2.34. The molecule has 0 radical (unpaired) electrons. The molecule has 0 bridgehead atoms. The number of sulfone groups is 1. The number of anilines is 1. The molecule has 7 heteroatoms. The second-order valence-electron chi connectivity index (χ2n) is 5.98. The van der Waals surface area contributed by atoms with Crippen LogP contribution in [0.2, 0.25) is 0 Å². The Balaban J connectivity index is 1.88. The summed E-state index contributed by atoms with van der Waals surface area (Å²) in [6.07, 6.45) is 0.616. The SMILES string of the molecule is C[C@H](Oc1ccccc1)C(=O)N(c1ccc(F)cc1)[C@H]1C=CS(=O)(=O)C1. The van der Waals surface area contributed by atoms with Gasteiger partial charge in [-0.1, -0.05) is 18.2 Å². The molecule has 0 saturated heterocycles. The quantitative estimate of drug-likeness (QED) is 0.806. The van der Waals surface area contributed by atoms with Crippen LogP contribution < -0.4 is 9.64 Å². The highest BCUT2D eigenvalue weighted by Crippen LogP contribution is 2.25. The first-order valence-corrected chi connectivity index (χ1v) is 9.78. The van der Waals surface area contributed by atoms with E-state index in [4.69, 9.17) is 4.74 Å². The topological polar surface area (TPSA) is 63.7 Å². The number of hydrogen-bond donors (Lipinski definition) is 0. The average Bonchev–Trinajstić information content (AvgIpc) is 2.97. The molecule has 0 N–H and O–H groups in total. The minimum atomic E-state index is -3.36. The molecule has 2 atom stereocenters. The van der Waals surface area contributed by atoms with Crippen molar-refractivity contribution < 1.29 is 22.3 Å². The molecule has 1 aliphatic heterocycles. The predicted molar refractivity (Wildman–Crippen MR) is 97.1 cm³/mol. The van der Waals surface area contributed by atoms with E-state index in [1.807, 2.05) is 6.07 Å². The van der Waals surface area contributed by atoms with E-state index in [9.17, 15) is 17.6 Å². The van der Waals surface area contributed by atoms with E-state index in [0.29, 0.717) is 11.4 Å². The number of rotatable bonds is 5. The van der Waals surface area contributed by atoms with E-state index >= 15 is 0 Å². The molecule has 136 valence electrons. The van der Waals surface area contributed by atoms with Crippen molar-refractivity contribution in [2.24, 2.45) is 0 Å². The third kappa shape index (κ3) is 4.11. The van der Waals surface area contributed by atoms with Gasteiger partial charge in [0.15, 0.2) is 15.9 Å². The summed E-state index contributed by atoms with van der Waals surface area (Å²) in [4.78, 5) is 14.4. The van der Waals surface area contributed by atoms with Crippen LogP contribution >= 0.6 is 0 Å². The minimum Gasteiger partial charge on any atom is -0.481 e. The van der Waals surface area contributed by atoms with Crippen LogP contribution in [0.5, 0.6) is 5.75 Å². The number of amides is 1. The second kappa shape index (κ2) is 7.29. The zero-order chi connectivity index (χ0) is 18.7. The summed E-state index contributed by atoms with van der Waals surface area (Å²) in [5, 5.41) is 1.10. The van der Waals surface area contributed by atoms with Crippen molar-refractivity contribution in [3.63, 3.8) is 0 Å². The maximum absolute atomic E-state index is 13.3. The summed E-state index contributed by atoms with van der Waals surface area (Å²) < 4.78 is 42.5. The molecule has 0 aromatic heterocycles. The Morgan fingerprint density at radius 2 is 1.81 bits per heavy atom. The summed E-state index contributed by atoms with van der Waals surface area (Å²) in [6.45, 7) is 1.60. The fraction of sp³-hybridized carbons (Fsp3) is 0.211. The van der Waals surface area contributed by atoms with Crippen LogP contribution in [-0.2, 0) is 14.6 Å². The van der Waals surface area contributed by atoms with Crippen molar-refractivity contribution in [3.8, 4) is 5.75 Å². The van der Waals surface area contributed by atoms with Crippen LogP contribution in [0, 0.1) is 5.82 Å². The number of halogens is 1. The summed E-state index contributed by atoms with van der Waals surface area (Å²) in [5.74, 6) is -0.535. The van der Waals surface area contributed by atoms with E-state index in [2.05, 4.69) is 0 Å². The van der Waals surface area contributed by atoms with E-state index in [-0.39, 0.29) is 5.75 Å². The molecule has 2 aromatic carbocycles. The molecular formula is C19H18FNO4S. The zero-order valence-corrected chi connectivity index (χ0v) is 14.9. The largest absolute Gasteiger partial charge is 0.481 e.